The fourth-order valence-electron chi connectivity index (χ4n) is 0.912. The van der Waals surface area contributed by atoms with Gasteiger partial charge in [0.1, 0.15) is 6.04 Å². The van der Waals surface area contributed by atoms with E-state index in [0.717, 1.165) is 19.4 Å². The standard InChI is InChI=1S/C8H17N3O2/c9-4-6-11-5-2-1-3-7(10)8(12)13/h4,7,9,11H,1-3,5-6,10H2,(H,12,13)/t7-/m0/s1. The first-order valence-electron chi connectivity index (χ1n) is 4.36. The highest BCUT2D eigenvalue weighted by Crippen LogP contribution is 1.97. The molecule has 1 atom stereocenters. The lowest BCUT2D eigenvalue weighted by Gasteiger charge is -2.05. The summed E-state index contributed by atoms with van der Waals surface area (Å²) in [6.45, 7) is 1.38. The molecular weight excluding hydrogens is 170 g/mol. The Hall–Kier alpha value is -0.940. The summed E-state index contributed by atoms with van der Waals surface area (Å²) in [5.74, 6) is -0.938. The normalized spacial score (nSPS) is 12.4. The zero-order chi connectivity index (χ0) is 10.1. The summed E-state index contributed by atoms with van der Waals surface area (Å²) in [4.78, 5) is 10.3. The Morgan fingerprint density at radius 2 is 2.31 bits per heavy atom. The van der Waals surface area contributed by atoms with Gasteiger partial charge in [-0.15, -0.1) is 0 Å². The lowest BCUT2D eigenvalue weighted by Crippen LogP contribution is -2.30. The Morgan fingerprint density at radius 1 is 1.62 bits per heavy atom. The van der Waals surface area contributed by atoms with E-state index in [1.807, 2.05) is 0 Å². The summed E-state index contributed by atoms with van der Waals surface area (Å²) in [6, 6.07) is -0.734. The smallest absolute Gasteiger partial charge is 0.320 e. The third kappa shape index (κ3) is 7.42. The summed E-state index contributed by atoms with van der Waals surface area (Å²) in [6.07, 6.45) is 3.51. The summed E-state index contributed by atoms with van der Waals surface area (Å²) in [7, 11) is 0. The molecule has 0 bridgehead atoms. The van der Waals surface area contributed by atoms with Crippen LogP contribution in [0.5, 0.6) is 0 Å². The molecule has 0 saturated heterocycles. The molecule has 0 aromatic rings. The van der Waals surface area contributed by atoms with Crippen LogP contribution in [0.2, 0.25) is 0 Å². The number of rotatable bonds is 8. The highest BCUT2D eigenvalue weighted by Gasteiger charge is 2.09. The highest BCUT2D eigenvalue weighted by molar-refractivity contribution is 5.72. The zero-order valence-electron chi connectivity index (χ0n) is 7.62. The van der Waals surface area contributed by atoms with Gasteiger partial charge in [-0.25, -0.2) is 0 Å². The first kappa shape index (κ1) is 12.1. The van der Waals surface area contributed by atoms with Crippen molar-refractivity contribution in [1.82, 2.24) is 5.32 Å². The van der Waals surface area contributed by atoms with Gasteiger partial charge in [-0.1, -0.05) is 6.42 Å². The van der Waals surface area contributed by atoms with Gasteiger partial charge >= 0.3 is 5.97 Å². The van der Waals surface area contributed by atoms with E-state index >= 15 is 0 Å². The molecule has 5 nitrogen and oxygen atoms in total. The van der Waals surface area contributed by atoms with Gasteiger partial charge in [0, 0.05) is 12.8 Å². The van der Waals surface area contributed by atoms with Crippen LogP contribution in [-0.4, -0.2) is 36.4 Å². The van der Waals surface area contributed by atoms with Gasteiger partial charge in [-0.2, -0.15) is 0 Å². The number of hydrogen-bond acceptors (Lipinski definition) is 4. The van der Waals surface area contributed by atoms with Crippen LogP contribution >= 0.6 is 0 Å². The Balaban J connectivity index is 3.15. The maximum Gasteiger partial charge on any atom is 0.320 e. The van der Waals surface area contributed by atoms with Crippen LogP contribution in [-0.2, 0) is 4.79 Å². The van der Waals surface area contributed by atoms with E-state index in [-0.39, 0.29) is 0 Å². The van der Waals surface area contributed by atoms with Gasteiger partial charge in [-0.05, 0) is 19.4 Å². The van der Waals surface area contributed by atoms with Crippen LogP contribution in [0, 0.1) is 5.41 Å². The number of carboxylic acids is 1. The molecule has 0 aromatic heterocycles. The van der Waals surface area contributed by atoms with Crippen LogP contribution in [0.4, 0.5) is 0 Å². The van der Waals surface area contributed by atoms with Gasteiger partial charge in [0.2, 0.25) is 0 Å². The van der Waals surface area contributed by atoms with Gasteiger partial charge in [0.05, 0.1) is 0 Å². The molecule has 0 rings (SSSR count). The average Bonchev–Trinajstić information content (AvgIpc) is 2.10. The third-order valence-corrected chi connectivity index (χ3v) is 1.68. The molecule has 76 valence electrons. The minimum absolute atomic E-state index is 0.515. The van der Waals surface area contributed by atoms with E-state index in [9.17, 15) is 4.79 Å². The van der Waals surface area contributed by atoms with Crippen molar-refractivity contribution >= 4 is 12.2 Å². The van der Waals surface area contributed by atoms with Crippen molar-refractivity contribution in [2.45, 2.75) is 25.3 Å². The lowest BCUT2D eigenvalue weighted by molar-refractivity contribution is -0.138. The molecular formula is C8H17N3O2. The number of aliphatic carboxylic acids is 1. The number of carboxylic acid groups (broad SMARTS) is 1. The van der Waals surface area contributed by atoms with Crippen LogP contribution in [0.1, 0.15) is 19.3 Å². The Labute approximate surface area is 77.8 Å². The molecule has 0 unspecified atom stereocenters. The van der Waals surface area contributed by atoms with Gasteiger partial charge in [0.25, 0.3) is 0 Å². The first-order chi connectivity index (χ1) is 6.18. The van der Waals surface area contributed by atoms with Crippen molar-refractivity contribution in [1.29, 1.82) is 5.41 Å². The quantitative estimate of drug-likeness (QED) is 0.312. The minimum Gasteiger partial charge on any atom is -0.480 e. The lowest BCUT2D eigenvalue weighted by atomic mass is 10.1. The monoisotopic (exact) mass is 187 g/mol. The van der Waals surface area contributed by atoms with E-state index in [0.29, 0.717) is 13.0 Å². The summed E-state index contributed by atoms with van der Waals surface area (Å²) < 4.78 is 0. The molecule has 0 saturated carbocycles. The van der Waals surface area contributed by atoms with Crippen LogP contribution in [0.15, 0.2) is 0 Å². The minimum atomic E-state index is -0.938. The number of hydrogen-bond donors (Lipinski definition) is 4. The number of carbonyl (C=O) groups is 1. The topological polar surface area (TPSA) is 99.2 Å². The maximum atomic E-state index is 10.3. The van der Waals surface area contributed by atoms with Crippen molar-refractivity contribution in [2.75, 3.05) is 13.1 Å². The van der Waals surface area contributed by atoms with E-state index in [4.69, 9.17) is 16.2 Å². The van der Waals surface area contributed by atoms with E-state index in [1.54, 1.807) is 0 Å². The van der Waals surface area contributed by atoms with E-state index < -0.39 is 12.0 Å². The molecule has 0 amide bonds. The maximum absolute atomic E-state index is 10.3. The van der Waals surface area contributed by atoms with Crippen molar-refractivity contribution in [3.8, 4) is 0 Å². The van der Waals surface area contributed by atoms with Gasteiger partial charge < -0.3 is 21.6 Å². The molecule has 0 aromatic carbocycles. The zero-order valence-corrected chi connectivity index (χ0v) is 7.62. The average molecular weight is 187 g/mol. The molecule has 13 heavy (non-hydrogen) atoms. The summed E-state index contributed by atoms with van der Waals surface area (Å²) >= 11 is 0. The van der Waals surface area contributed by atoms with Gasteiger partial charge in [-0.3, -0.25) is 4.79 Å². The first-order valence-corrected chi connectivity index (χ1v) is 4.36. The molecule has 5 heteroatoms. The summed E-state index contributed by atoms with van der Waals surface area (Å²) in [5, 5.41) is 18.2. The largest absolute Gasteiger partial charge is 0.480 e. The molecule has 5 N–H and O–H groups in total. The van der Waals surface area contributed by atoms with Crippen molar-refractivity contribution in [3.05, 3.63) is 0 Å². The molecule has 0 fully saturated rings. The fraction of sp³-hybridized carbons (Fsp3) is 0.750. The second kappa shape index (κ2) is 7.70. The van der Waals surface area contributed by atoms with Gasteiger partial charge in [0.15, 0.2) is 0 Å². The SMILES string of the molecule is N=CCNCCCC[C@H](N)C(=O)O. The van der Waals surface area contributed by atoms with Crippen molar-refractivity contribution in [2.24, 2.45) is 5.73 Å². The van der Waals surface area contributed by atoms with Crippen molar-refractivity contribution < 1.29 is 9.90 Å². The predicted octanol–water partition coefficient (Wildman–Crippen LogP) is -0.192. The van der Waals surface area contributed by atoms with Crippen LogP contribution in [0.25, 0.3) is 0 Å². The van der Waals surface area contributed by atoms with Crippen molar-refractivity contribution in [3.63, 3.8) is 0 Å². The summed E-state index contributed by atoms with van der Waals surface area (Å²) in [5.41, 5.74) is 5.30. The molecule has 0 radical (unpaired) electrons. The van der Waals surface area contributed by atoms with Crippen LogP contribution in [0.3, 0.4) is 0 Å². The second-order valence-corrected chi connectivity index (χ2v) is 2.85. The molecule has 0 aliphatic carbocycles. The Bertz CT molecular complexity index is 161. The highest BCUT2D eigenvalue weighted by atomic mass is 16.4. The van der Waals surface area contributed by atoms with Crippen LogP contribution < -0.4 is 11.1 Å². The number of nitrogens with two attached hydrogens (primary N) is 1. The second-order valence-electron chi connectivity index (χ2n) is 2.85. The third-order valence-electron chi connectivity index (χ3n) is 1.68. The number of nitrogens with one attached hydrogen (secondary N) is 2. The molecule has 0 heterocycles. The molecule has 0 aliphatic heterocycles. The van der Waals surface area contributed by atoms with E-state index in [1.165, 1.54) is 6.21 Å². The van der Waals surface area contributed by atoms with E-state index in [2.05, 4.69) is 5.32 Å². The molecule has 0 spiro atoms. The Kier molecular flexibility index (Phi) is 7.14. The Morgan fingerprint density at radius 3 is 2.85 bits per heavy atom. The fourth-order valence-corrected chi connectivity index (χ4v) is 0.912. The molecule has 0 aliphatic rings. The number of unbranched alkanes of at least 4 members (excludes halogenated alkanes) is 1. The predicted molar refractivity (Wildman–Crippen MR) is 51.1 cm³/mol.